The molecule has 3 nitrogen and oxygen atoms in total. The van der Waals surface area contributed by atoms with Crippen LogP contribution in [-0.4, -0.2) is 15.6 Å². The summed E-state index contributed by atoms with van der Waals surface area (Å²) in [5.41, 5.74) is 1.39. The number of hydrogen-bond donors (Lipinski definition) is 0. The molecule has 17 heavy (non-hydrogen) atoms. The maximum Gasteiger partial charge on any atom is 0.172 e. The standard InChI is InChI=1S/C14H24N2O/c1-6-8-9-14(4,7-2)13(17)12-10-16(5)15-11(12)3/h10H,6-9H2,1-5H3. The first-order chi connectivity index (χ1) is 7.94. The fourth-order valence-electron chi connectivity index (χ4n) is 2.17. The third-order valence-corrected chi connectivity index (χ3v) is 3.67. The summed E-state index contributed by atoms with van der Waals surface area (Å²) in [6.45, 7) is 8.25. The van der Waals surface area contributed by atoms with Gasteiger partial charge in [0.1, 0.15) is 0 Å². The Hall–Kier alpha value is -1.12. The van der Waals surface area contributed by atoms with Crippen LogP contribution < -0.4 is 0 Å². The van der Waals surface area contributed by atoms with E-state index in [1.807, 2.05) is 20.2 Å². The van der Waals surface area contributed by atoms with Crippen LogP contribution in [0, 0.1) is 12.3 Å². The van der Waals surface area contributed by atoms with E-state index in [0.29, 0.717) is 0 Å². The normalized spacial score (nSPS) is 14.6. The Bertz CT molecular complexity index is 395. The number of rotatable bonds is 6. The van der Waals surface area contributed by atoms with Crippen LogP contribution in [0.25, 0.3) is 0 Å². The van der Waals surface area contributed by atoms with Crippen LogP contribution in [0.5, 0.6) is 0 Å². The van der Waals surface area contributed by atoms with Crippen LogP contribution >= 0.6 is 0 Å². The molecule has 0 saturated carbocycles. The van der Waals surface area contributed by atoms with Gasteiger partial charge in [0.15, 0.2) is 5.78 Å². The van der Waals surface area contributed by atoms with Gasteiger partial charge in [0, 0.05) is 18.7 Å². The van der Waals surface area contributed by atoms with Crippen molar-refractivity contribution in [3.63, 3.8) is 0 Å². The van der Waals surface area contributed by atoms with Gasteiger partial charge in [0.2, 0.25) is 0 Å². The highest BCUT2D eigenvalue weighted by atomic mass is 16.1. The lowest BCUT2D eigenvalue weighted by Gasteiger charge is -2.26. The maximum absolute atomic E-state index is 12.6. The SMILES string of the molecule is CCCCC(C)(CC)C(=O)c1cn(C)nc1C. The molecule has 1 unspecified atom stereocenters. The van der Waals surface area contributed by atoms with Crippen molar-refractivity contribution in [2.75, 3.05) is 0 Å². The number of Topliss-reactive ketones (excluding diaryl/α,β-unsaturated/α-hetero) is 1. The van der Waals surface area contributed by atoms with Gasteiger partial charge in [-0.3, -0.25) is 9.48 Å². The molecule has 1 heterocycles. The van der Waals surface area contributed by atoms with Crippen molar-refractivity contribution in [3.05, 3.63) is 17.5 Å². The van der Waals surface area contributed by atoms with Crippen molar-refractivity contribution in [1.29, 1.82) is 0 Å². The topological polar surface area (TPSA) is 34.9 Å². The fraction of sp³-hybridized carbons (Fsp3) is 0.714. The number of carbonyl (C=O) groups excluding carboxylic acids is 1. The summed E-state index contributed by atoms with van der Waals surface area (Å²) >= 11 is 0. The second-order valence-corrected chi connectivity index (χ2v) is 5.15. The Labute approximate surface area is 104 Å². The minimum atomic E-state index is -0.232. The number of unbranched alkanes of at least 4 members (excludes halogenated alkanes) is 1. The molecule has 1 aromatic heterocycles. The Morgan fingerprint density at radius 2 is 2.12 bits per heavy atom. The van der Waals surface area contributed by atoms with Gasteiger partial charge < -0.3 is 0 Å². The van der Waals surface area contributed by atoms with E-state index in [9.17, 15) is 4.79 Å². The average molecular weight is 236 g/mol. The van der Waals surface area contributed by atoms with E-state index in [0.717, 1.165) is 36.9 Å². The van der Waals surface area contributed by atoms with E-state index in [2.05, 4.69) is 25.9 Å². The number of ketones is 1. The summed E-state index contributed by atoms with van der Waals surface area (Å²) < 4.78 is 1.72. The predicted molar refractivity (Wildman–Crippen MR) is 70.2 cm³/mol. The first-order valence-corrected chi connectivity index (χ1v) is 6.49. The van der Waals surface area contributed by atoms with Crippen LogP contribution in [0.3, 0.4) is 0 Å². The molecule has 0 aliphatic heterocycles. The molecule has 1 aromatic rings. The molecule has 0 aromatic carbocycles. The summed E-state index contributed by atoms with van der Waals surface area (Å²) in [5, 5.41) is 4.26. The molecular weight excluding hydrogens is 212 g/mol. The molecule has 0 fully saturated rings. The number of aryl methyl sites for hydroxylation is 2. The van der Waals surface area contributed by atoms with Gasteiger partial charge in [-0.25, -0.2) is 0 Å². The minimum absolute atomic E-state index is 0.232. The molecule has 1 atom stereocenters. The lowest BCUT2D eigenvalue weighted by Crippen LogP contribution is -2.27. The van der Waals surface area contributed by atoms with E-state index in [1.165, 1.54) is 0 Å². The third-order valence-electron chi connectivity index (χ3n) is 3.67. The first-order valence-electron chi connectivity index (χ1n) is 6.49. The van der Waals surface area contributed by atoms with Crippen LogP contribution in [0.1, 0.15) is 62.5 Å². The Kier molecular flexibility index (Phi) is 4.49. The smallest absolute Gasteiger partial charge is 0.172 e. The monoisotopic (exact) mass is 236 g/mol. The van der Waals surface area contributed by atoms with E-state index in [1.54, 1.807) is 4.68 Å². The lowest BCUT2D eigenvalue weighted by atomic mass is 9.76. The predicted octanol–water partition coefficient (Wildman–Crippen LogP) is 3.52. The van der Waals surface area contributed by atoms with Gasteiger partial charge in [-0.15, -0.1) is 0 Å². The van der Waals surface area contributed by atoms with E-state index < -0.39 is 0 Å². The Morgan fingerprint density at radius 1 is 1.47 bits per heavy atom. The van der Waals surface area contributed by atoms with E-state index >= 15 is 0 Å². The van der Waals surface area contributed by atoms with Gasteiger partial charge in [-0.05, 0) is 19.8 Å². The molecule has 0 radical (unpaired) electrons. The molecule has 96 valence electrons. The molecule has 0 aliphatic rings. The third kappa shape index (κ3) is 2.96. The zero-order chi connectivity index (χ0) is 13.1. The second kappa shape index (κ2) is 5.48. The average Bonchev–Trinajstić information content (AvgIpc) is 2.64. The summed E-state index contributed by atoms with van der Waals surface area (Å²) in [7, 11) is 1.86. The molecule has 0 amide bonds. The van der Waals surface area contributed by atoms with Gasteiger partial charge in [0.05, 0.1) is 11.3 Å². The van der Waals surface area contributed by atoms with Crippen molar-refractivity contribution < 1.29 is 4.79 Å². The van der Waals surface area contributed by atoms with E-state index in [-0.39, 0.29) is 11.2 Å². The molecular formula is C14H24N2O. The zero-order valence-electron chi connectivity index (χ0n) is 11.7. The van der Waals surface area contributed by atoms with Crippen LogP contribution in [0.2, 0.25) is 0 Å². The van der Waals surface area contributed by atoms with Crippen LogP contribution in [-0.2, 0) is 7.05 Å². The van der Waals surface area contributed by atoms with Crippen molar-refractivity contribution in [2.45, 2.75) is 53.4 Å². The number of nitrogens with zero attached hydrogens (tertiary/aromatic N) is 2. The molecule has 0 N–H and O–H groups in total. The van der Waals surface area contributed by atoms with Crippen molar-refractivity contribution in [1.82, 2.24) is 9.78 Å². The largest absolute Gasteiger partial charge is 0.293 e. The summed E-state index contributed by atoms with van der Waals surface area (Å²) in [6, 6.07) is 0. The Morgan fingerprint density at radius 3 is 2.53 bits per heavy atom. The highest BCUT2D eigenvalue weighted by Gasteiger charge is 2.33. The molecule has 0 aliphatic carbocycles. The highest BCUT2D eigenvalue weighted by Crippen LogP contribution is 2.33. The molecule has 0 saturated heterocycles. The number of carbonyl (C=O) groups is 1. The molecule has 0 bridgehead atoms. The summed E-state index contributed by atoms with van der Waals surface area (Å²) in [5.74, 6) is 0.249. The van der Waals surface area contributed by atoms with Crippen molar-refractivity contribution in [2.24, 2.45) is 12.5 Å². The van der Waals surface area contributed by atoms with Crippen LogP contribution in [0.15, 0.2) is 6.20 Å². The first kappa shape index (κ1) is 13.9. The molecule has 1 rings (SSSR count). The quantitative estimate of drug-likeness (QED) is 0.708. The molecule has 0 spiro atoms. The van der Waals surface area contributed by atoms with Crippen molar-refractivity contribution in [3.8, 4) is 0 Å². The highest BCUT2D eigenvalue weighted by molar-refractivity contribution is 6.00. The van der Waals surface area contributed by atoms with E-state index in [4.69, 9.17) is 0 Å². The Balaban J connectivity index is 2.96. The maximum atomic E-state index is 12.6. The lowest BCUT2D eigenvalue weighted by molar-refractivity contribution is 0.0790. The van der Waals surface area contributed by atoms with Gasteiger partial charge in [0.25, 0.3) is 0 Å². The van der Waals surface area contributed by atoms with Crippen LogP contribution in [0.4, 0.5) is 0 Å². The summed E-state index contributed by atoms with van der Waals surface area (Å²) in [4.78, 5) is 12.6. The number of hydrogen-bond acceptors (Lipinski definition) is 2. The minimum Gasteiger partial charge on any atom is -0.293 e. The zero-order valence-corrected chi connectivity index (χ0v) is 11.7. The second-order valence-electron chi connectivity index (χ2n) is 5.15. The van der Waals surface area contributed by atoms with Gasteiger partial charge in [-0.1, -0.05) is 33.6 Å². The van der Waals surface area contributed by atoms with Gasteiger partial charge >= 0.3 is 0 Å². The molecule has 3 heteroatoms. The van der Waals surface area contributed by atoms with Crippen molar-refractivity contribution >= 4 is 5.78 Å². The number of aromatic nitrogens is 2. The summed E-state index contributed by atoms with van der Waals surface area (Å²) in [6.07, 6.45) is 5.94. The fourth-order valence-corrected chi connectivity index (χ4v) is 2.17. The van der Waals surface area contributed by atoms with Gasteiger partial charge in [-0.2, -0.15) is 5.10 Å².